The minimum atomic E-state index is -1.36. The number of nitrogens with one attached hydrogen (secondary N) is 1. The summed E-state index contributed by atoms with van der Waals surface area (Å²) in [5, 5.41) is 26.2. The Balaban J connectivity index is 2.02. The maximum absolute atomic E-state index is 12.1. The molecule has 2 atom stereocenters. The first-order valence-electron chi connectivity index (χ1n) is 7.82. The van der Waals surface area contributed by atoms with Gasteiger partial charge in [-0.2, -0.15) is 5.10 Å². The molecule has 7 heteroatoms. The molecular weight excluding hydrogens is 310 g/mol. The fourth-order valence-electron chi connectivity index (χ4n) is 3.48. The van der Waals surface area contributed by atoms with E-state index in [0.29, 0.717) is 25.1 Å². The van der Waals surface area contributed by atoms with E-state index in [-0.39, 0.29) is 12.2 Å². The number of hydrogen-bond donors (Lipinski definition) is 3. The third-order valence-corrected chi connectivity index (χ3v) is 4.92. The number of aromatic nitrogens is 3. The summed E-state index contributed by atoms with van der Waals surface area (Å²) in [6.07, 6.45) is 1.30. The van der Waals surface area contributed by atoms with E-state index in [1.54, 1.807) is 6.92 Å². The van der Waals surface area contributed by atoms with Crippen molar-refractivity contribution in [3.63, 3.8) is 0 Å². The Morgan fingerprint density at radius 2 is 1.83 bits per heavy atom. The Hall–Kier alpha value is -2.70. The van der Waals surface area contributed by atoms with Crippen molar-refractivity contribution < 1.29 is 19.8 Å². The highest BCUT2D eigenvalue weighted by atomic mass is 16.4. The van der Waals surface area contributed by atoms with Crippen molar-refractivity contribution in [2.24, 2.45) is 5.41 Å². The summed E-state index contributed by atoms with van der Waals surface area (Å²) >= 11 is 0. The molecule has 24 heavy (non-hydrogen) atoms. The Bertz CT molecular complexity index is 773. The second-order valence-electron chi connectivity index (χ2n) is 6.66. The molecule has 0 spiro atoms. The molecule has 1 heterocycles. The average Bonchev–Trinajstić information content (AvgIpc) is 3.06. The zero-order valence-electron chi connectivity index (χ0n) is 13.3. The van der Waals surface area contributed by atoms with Crippen molar-refractivity contribution in [3.8, 4) is 11.4 Å². The van der Waals surface area contributed by atoms with Crippen molar-refractivity contribution in [1.29, 1.82) is 0 Å². The molecule has 1 aromatic carbocycles. The number of rotatable bonds is 4. The van der Waals surface area contributed by atoms with Gasteiger partial charge in [0, 0.05) is 5.56 Å². The van der Waals surface area contributed by atoms with E-state index in [1.807, 2.05) is 30.3 Å². The molecule has 3 rings (SSSR count). The molecule has 0 radical (unpaired) electrons. The van der Waals surface area contributed by atoms with Crippen LogP contribution >= 0.6 is 0 Å². The van der Waals surface area contributed by atoms with E-state index in [0.717, 1.165) is 5.56 Å². The van der Waals surface area contributed by atoms with Crippen LogP contribution in [0, 0.1) is 5.41 Å². The number of H-pyrrole nitrogens is 1. The summed E-state index contributed by atoms with van der Waals surface area (Å²) in [6, 6.07) is 9.24. The highest BCUT2D eigenvalue weighted by Crippen LogP contribution is 2.47. The van der Waals surface area contributed by atoms with Gasteiger partial charge in [-0.25, -0.2) is 4.98 Å². The second-order valence-corrected chi connectivity index (χ2v) is 6.66. The van der Waals surface area contributed by atoms with Gasteiger partial charge in [0.15, 0.2) is 5.82 Å². The van der Waals surface area contributed by atoms with Gasteiger partial charge in [-0.15, -0.1) is 0 Å². The van der Waals surface area contributed by atoms with Crippen molar-refractivity contribution in [3.05, 3.63) is 36.2 Å². The van der Waals surface area contributed by atoms with Crippen LogP contribution in [0.15, 0.2) is 30.3 Å². The number of nitrogens with zero attached hydrogens (tertiary/aromatic N) is 2. The lowest BCUT2D eigenvalue weighted by atomic mass is 9.62. The summed E-state index contributed by atoms with van der Waals surface area (Å²) < 4.78 is 0. The van der Waals surface area contributed by atoms with E-state index in [4.69, 9.17) is 0 Å². The normalized spacial score (nSPS) is 26.9. The van der Waals surface area contributed by atoms with Crippen LogP contribution in [-0.4, -0.2) is 37.3 Å². The first-order valence-corrected chi connectivity index (χ1v) is 7.82. The van der Waals surface area contributed by atoms with Gasteiger partial charge >= 0.3 is 11.9 Å². The smallest absolute Gasteiger partial charge is 0.317 e. The van der Waals surface area contributed by atoms with Crippen LogP contribution in [-0.2, 0) is 15.0 Å². The van der Waals surface area contributed by atoms with Crippen LogP contribution in [0.2, 0.25) is 0 Å². The standard InChI is InChI=1S/C17H19N3O4/c1-16(14(21)22)8-5-9-17(10-16,15(23)24)13-18-12(19-20-13)11-6-3-2-4-7-11/h2-4,6-7H,5,8-10H2,1H3,(H,21,22)(H,23,24)(H,18,19,20). The fraction of sp³-hybridized carbons (Fsp3) is 0.412. The molecule has 0 bridgehead atoms. The largest absolute Gasteiger partial charge is 0.481 e. The molecule has 1 aromatic heterocycles. The fourth-order valence-corrected chi connectivity index (χ4v) is 3.48. The number of carbonyl (C=O) groups is 2. The Labute approximate surface area is 138 Å². The SMILES string of the molecule is CC1(C(=O)O)CCCC(C(=O)O)(c2nc(-c3ccccc3)n[nH]2)C1. The number of benzene rings is 1. The monoisotopic (exact) mass is 329 g/mol. The summed E-state index contributed by atoms with van der Waals surface area (Å²) in [5.41, 5.74) is -1.67. The maximum atomic E-state index is 12.1. The summed E-state index contributed by atoms with van der Waals surface area (Å²) in [4.78, 5) is 28.0. The Morgan fingerprint density at radius 3 is 2.46 bits per heavy atom. The highest BCUT2D eigenvalue weighted by molar-refractivity contribution is 5.83. The zero-order chi connectivity index (χ0) is 17.4. The molecular formula is C17H19N3O4. The van der Waals surface area contributed by atoms with Crippen LogP contribution in [0.25, 0.3) is 11.4 Å². The number of carboxylic acid groups (broad SMARTS) is 2. The van der Waals surface area contributed by atoms with Gasteiger partial charge in [-0.1, -0.05) is 36.8 Å². The van der Waals surface area contributed by atoms with Crippen molar-refractivity contribution in [2.45, 2.75) is 38.0 Å². The third-order valence-electron chi connectivity index (χ3n) is 4.92. The lowest BCUT2D eigenvalue weighted by molar-refractivity contribution is -0.156. The predicted octanol–water partition coefficient (Wildman–Crippen LogP) is 2.46. The van der Waals surface area contributed by atoms with Gasteiger partial charge in [0.2, 0.25) is 0 Å². The Kier molecular flexibility index (Phi) is 3.87. The third kappa shape index (κ3) is 2.55. The lowest BCUT2D eigenvalue weighted by Gasteiger charge is -2.40. The molecule has 1 fully saturated rings. The van der Waals surface area contributed by atoms with Gasteiger partial charge < -0.3 is 10.2 Å². The quantitative estimate of drug-likeness (QED) is 0.793. The molecule has 0 aliphatic heterocycles. The molecule has 7 nitrogen and oxygen atoms in total. The first-order chi connectivity index (χ1) is 11.4. The molecule has 3 N–H and O–H groups in total. The van der Waals surface area contributed by atoms with E-state index < -0.39 is 22.8 Å². The van der Waals surface area contributed by atoms with E-state index in [2.05, 4.69) is 15.2 Å². The summed E-state index contributed by atoms with van der Waals surface area (Å²) in [7, 11) is 0. The highest BCUT2D eigenvalue weighted by Gasteiger charge is 2.53. The molecule has 126 valence electrons. The van der Waals surface area contributed by atoms with Crippen LogP contribution in [0.3, 0.4) is 0 Å². The minimum Gasteiger partial charge on any atom is -0.481 e. The lowest BCUT2D eigenvalue weighted by Crippen LogP contribution is -2.47. The van der Waals surface area contributed by atoms with Crippen LogP contribution in [0.1, 0.15) is 38.4 Å². The number of carboxylic acids is 2. The number of hydrogen-bond acceptors (Lipinski definition) is 4. The minimum absolute atomic E-state index is 0.00586. The van der Waals surface area contributed by atoms with E-state index in [1.165, 1.54) is 0 Å². The number of aliphatic carboxylic acids is 2. The molecule has 2 aromatic rings. The molecule has 1 saturated carbocycles. The van der Waals surface area contributed by atoms with Crippen LogP contribution in [0.5, 0.6) is 0 Å². The van der Waals surface area contributed by atoms with Gasteiger partial charge in [-0.3, -0.25) is 14.7 Å². The molecule has 0 saturated heterocycles. The average molecular weight is 329 g/mol. The van der Waals surface area contributed by atoms with E-state index in [9.17, 15) is 19.8 Å². The zero-order valence-corrected chi connectivity index (χ0v) is 13.3. The number of aromatic amines is 1. The van der Waals surface area contributed by atoms with Crippen LogP contribution in [0.4, 0.5) is 0 Å². The topological polar surface area (TPSA) is 116 Å². The van der Waals surface area contributed by atoms with Gasteiger partial charge in [0.25, 0.3) is 0 Å². The van der Waals surface area contributed by atoms with Gasteiger partial charge in [0.05, 0.1) is 5.41 Å². The van der Waals surface area contributed by atoms with Gasteiger partial charge in [0.1, 0.15) is 11.2 Å². The van der Waals surface area contributed by atoms with Crippen molar-refractivity contribution in [2.75, 3.05) is 0 Å². The first kappa shape index (κ1) is 16.2. The van der Waals surface area contributed by atoms with Crippen molar-refractivity contribution >= 4 is 11.9 Å². The molecule has 2 unspecified atom stereocenters. The summed E-state index contributed by atoms with van der Waals surface area (Å²) in [6.45, 7) is 1.60. The predicted molar refractivity (Wildman–Crippen MR) is 85.3 cm³/mol. The van der Waals surface area contributed by atoms with Gasteiger partial charge in [-0.05, 0) is 26.2 Å². The van der Waals surface area contributed by atoms with Crippen molar-refractivity contribution in [1.82, 2.24) is 15.2 Å². The second kappa shape index (κ2) is 5.74. The van der Waals surface area contributed by atoms with Crippen LogP contribution < -0.4 is 0 Å². The Morgan fingerprint density at radius 1 is 1.12 bits per heavy atom. The molecule has 1 aliphatic carbocycles. The molecule has 0 amide bonds. The maximum Gasteiger partial charge on any atom is 0.317 e. The summed E-state index contributed by atoms with van der Waals surface area (Å²) in [5.74, 6) is -1.41. The molecule has 1 aliphatic rings. The van der Waals surface area contributed by atoms with E-state index >= 15 is 0 Å².